The molecule has 0 heterocycles. The van der Waals surface area contributed by atoms with Gasteiger partial charge in [-0.1, -0.05) is 12.1 Å². The standard InChI is InChI=1S/C13H10N4O5/c14-15-8-9-2-1-3-11(6-9)22-13-5-4-10(16(18)19)7-12(13)17(20)21/h1-8H,14H2. The summed E-state index contributed by atoms with van der Waals surface area (Å²) in [6.45, 7) is 0. The normalized spacial score (nSPS) is 10.5. The van der Waals surface area contributed by atoms with Crippen LogP contribution in [0.25, 0.3) is 0 Å². The van der Waals surface area contributed by atoms with Crippen molar-refractivity contribution < 1.29 is 14.6 Å². The molecule has 2 aromatic carbocycles. The summed E-state index contributed by atoms with van der Waals surface area (Å²) in [4.78, 5) is 20.2. The summed E-state index contributed by atoms with van der Waals surface area (Å²) in [6, 6.07) is 9.69. The molecule has 0 aromatic heterocycles. The molecule has 0 fully saturated rings. The van der Waals surface area contributed by atoms with E-state index in [2.05, 4.69) is 5.10 Å². The van der Waals surface area contributed by atoms with Crippen LogP contribution in [0.5, 0.6) is 11.5 Å². The molecule has 2 rings (SSSR count). The third-order valence-corrected chi connectivity index (χ3v) is 2.66. The Morgan fingerprint density at radius 2 is 1.86 bits per heavy atom. The van der Waals surface area contributed by atoms with E-state index in [0.29, 0.717) is 11.3 Å². The number of hydrogen-bond acceptors (Lipinski definition) is 7. The van der Waals surface area contributed by atoms with Crippen molar-refractivity contribution in [3.63, 3.8) is 0 Å². The zero-order valence-corrected chi connectivity index (χ0v) is 11.1. The van der Waals surface area contributed by atoms with Gasteiger partial charge >= 0.3 is 5.69 Å². The Labute approximate surface area is 123 Å². The number of nitro benzene ring substituents is 2. The quantitative estimate of drug-likeness (QED) is 0.390. The molecule has 0 unspecified atom stereocenters. The maximum Gasteiger partial charge on any atom is 0.318 e. The van der Waals surface area contributed by atoms with Crippen molar-refractivity contribution >= 4 is 17.6 Å². The highest BCUT2D eigenvalue weighted by molar-refractivity contribution is 5.79. The molecule has 0 spiro atoms. The molecule has 112 valence electrons. The minimum atomic E-state index is -0.743. The summed E-state index contributed by atoms with van der Waals surface area (Å²) < 4.78 is 5.43. The van der Waals surface area contributed by atoms with Gasteiger partial charge < -0.3 is 10.6 Å². The van der Waals surface area contributed by atoms with Gasteiger partial charge in [0.2, 0.25) is 5.75 Å². The molecule has 22 heavy (non-hydrogen) atoms. The molecule has 2 aromatic rings. The van der Waals surface area contributed by atoms with Gasteiger partial charge in [-0.05, 0) is 23.8 Å². The molecule has 0 amide bonds. The zero-order valence-electron chi connectivity index (χ0n) is 11.1. The van der Waals surface area contributed by atoms with E-state index in [1.54, 1.807) is 24.3 Å². The Morgan fingerprint density at radius 3 is 2.50 bits per heavy atom. The Bertz CT molecular complexity index is 760. The SMILES string of the molecule is NN=Cc1cccc(Oc2ccc([N+](=O)[O-])cc2[N+](=O)[O-])c1. The summed E-state index contributed by atoms with van der Waals surface area (Å²) in [5.74, 6) is 5.26. The molecule has 0 aliphatic rings. The van der Waals surface area contributed by atoms with Crippen LogP contribution < -0.4 is 10.6 Å². The number of ether oxygens (including phenoxy) is 1. The molecule has 0 saturated heterocycles. The van der Waals surface area contributed by atoms with Crippen molar-refractivity contribution in [3.05, 3.63) is 68.3 Å². The Hall–Kier alpha value is -3.49. The molecule has 9 heteroatoms. The smallest absolute Gasteiger partial charge is 0.318 e. The summed E-state index contributed by atoms with van der Waals surface area (Å²) in [5, 5.41) is 25.1. The van der Waals surface area contributed by atoms with Crippen molar-refractivity contribution in [2.24, 2.45) is 10.9 Å². The van der Waals surface area contributed by atoms with E-state index in [1.165, 1.54) is 12.3 Å². The molecular weight excluding hydrogens is 292 g/mol. The summed E-state index contributed by atoms with van der Waals surface area (Å²) in [5.41, 5.74) is -0.236. The number of rotatable bonds is 5. The number of hydrogen-bond donors (Lipinski definition) is 1. The lowest BCUT2D eigenvalue weighted by atomic mass is 10.2. The summed E-state index contributed by atoms with van der Waals surface area (Å²) in [7, 11) is 0. The molecule has 0 radical (unpaired) electrons. The number of nitro groups is 2. The Balaban J connectivity index is 2.38. The van der Waals surface area contributed by atoms with Crippen LogP contribution in [0.4, 0.5) is 11.4 Å². The van der Waals surface area contributed by atoms with Gasteiger partial charge in [0, 0.05) is 6.07 Å². The Kier molecular flexibility index (Phi) is 4.27. The van der Waals surface area contributed by atoms with Crippen molar-refractivity contribution in [1.82, 2.24) is 0 Å². The van der Waals surface area contributed by atoms with Gasteiger partial charge in [-0.3, -0.25) is 20.2 Å². The van der Waals surface area contributed by atoms with E-state index in [9.17, 15) is 20.2 Å². The second-order valence-corrected chi connectivity index (χ2v) is 4.12. The molecule has 0 aliphatic heterocycles. The lowest BCUT2D eigenvalue weighted by Crippen LogP contribution is -1.96. The summed E-state index contributed by atoms with van der Waals surface area (Å²) in [6.07, 6.45) is 1.39. The summed E-state index contributed by atoms with van der Waals surface area (Å²) >= 11 is 0. The van der Waals surface area contributed by atoms with E-state index < -0.39 is 15.5 Å². The van der Waals surface area contributed by atoms with Gasteiger partial charge in [-0.25, -0.2) is 0 Å². The highest BCUT2D eigenvalue weighted by atomic mass is 16.6. The fraction of sp³-hybridized carbons (Fsp3) is 0. The van der Waals surface area contributed by atoms with Gasteiger partial charge in [-0.15, -0.1) is 0 Å². The first-order valence-corrected chi connectivity index (χ1v) is 5.95. The van der Waals surface area contributed by atoms with Gasteiger partial charge in [0.15, 0.2) is 0 Å². The largest absolute Gasteiger partial charge is 0.450 e. The van der Waals surface area contributed by atoms with Gasteiger partial charge in [0.25, 0.3) is 5.69 Å². The topological polar surface area (TPSA) is 134 Å². The minimum Gasteiger partial charge on any atom is -0.450 e. The lowest BCUT2D eigenvalue weighted by Gasteiger charge is -2.06. The van der Waals surface area contributed by atoms with Crippen LogP contribution >= 0.6 is 0 Å². The number of hydrazone groups is 1. The second-order valence-electron chi connectivity index (χ2n) is 4.12. The number of nitrogens with zero attached hydrogens (tertiary/aromatic N) is 3. The van der Waals surface area contributed by atoms with Gasteiger partial charge in [0.1, 0.15) is 5.75 Å². The molecule has 9 nitrogen and oxygen atoms in total. The molecule has 0 saturated carbocycles. The molecular formula is C13H10N4O5. The maximum absolute atomic E-state index is 11.0. The molecule has 0 atom stereocenters. The fourth-order valence-corrected chi connectivity index (χ4v) is 1.72. The van der Waals surface area contributed by atoms with Crippen LogP contribution in [0.3, 0.4) is 0 Å². The van der Waals surface area contributed by atoms with Crippen LogP contribution in [-0.2, 0) is 0 Å². The zero-order chi connectivity index (χ0) is 16.1. The van der Waals surface area contributed by atoms with Gasteiger partial charge in [0.05, 0.1) is 22.1 Å². The van der Waals surface area contributed by atoms with Crippen LogP contribution in [0, 0.1) is 20.2 Å². The highest BCUT2D eigenvalue weighted by Crippen LogP contribution is 2.34. The molecule has 2 N–H and O–H groups in total. The second kappa shape index (κ2) is 6.31. The Morgan fingerprint density at radius 1 is 1.09 bits per heavy atom. The average Bonchev–Trinajstić information content (AvgIpc) is 2.48. The predicted molar refractivity (Wildman–Crippen MR) is 78.0 cm³/mol. The third kappa shape index (κ3) is 3.33. The first kappa shape index (κ1) is 14.9. The van der Waals surface area contributed by atoms with Crippen molar-refractivity contribution in [2.45, 2.75) is 0 Å². The lowest BCUT2D eigenvalue weighted by molar-refractivity contribution is -0.394. The monoisotopic (exact) mass is 302 g/mol. The van der Waals surface area contributed by atoms with Crippen LogP contribution in [0.15, 0.2) is 47.6 Å². The van der Waals surface area contributed by atoms with E-state index in [0.717, 1.165) is 12.1 Å². The van der Waals surface area contributed by atoms with E-state index in [-0.39, 0.29) is 11.4 Å². The van der Waals surface area contributed by atoms with Crippen LogP contribution in [-0.4, -0.2) is 16.1 Å². The highest BCUT2D eigenvalue weighted by Gasteiger charge is 2.21. The predicted octanol–water partition coefficient (Wildman–Crippen LogP) is 2.59. The maximum atomic E-state index is 11.0. The van der Waals surface area contributed by atoms with E-state index >= 15 is 0 Å². The number of non-ortho nitro benzene ring substituents is 1. The average molecular weight is 302 g/mol. The fourth-order valence-electron chi connectivity index (χ4n) is 1.72. The van der Waals surface area contributed by atoms with E-state index in [4.69, 9.17) is 10.6 Å². The van der Waals surface area contributed by atoms with Gasteiger partial charge in [-0.2, -0.15) is 5.10 Å². The minimum absolute atomic E-state index is 0.0996. The first-order chi connectivity index (χ1) is 10.5. The van der Waals surface area contributed by atoms with Crippen LogP contribution in [0.2, 0.25) is 0 Å². The first-order valence-electron chi connectivity index (χ1n) is 5.95. The van der Waals surface area contributed by atoms with E-state index in [1.807, 2.05) is 0 Å². The number of nitrogens with two attached hydrogens (primary N) is 1. The number of benzene rings is 2. The van der Waals surface area contributed by atoms with Crippen molar-refractivity contribution in [1.29, 1.82) is 0 Å². The van der Waals surface area contributed by atoms with Crippen molar-refractivity contribution in [2.75, 3.05) is 0 Å². The molecule has 0 aliphatic carbocycles. The molecule has 0 bridgehead atoms. The van der Waals surface area contributed by atoms with Crippen molar-refractivity contribution in [3.8, 4) is 11.5 Å². The van der Waals surface area contributed by atoms with Crippen LogP contribution in [0.1, 0.15) is 5.56 Å². The third-order valence-electron chi connectivity index (χ3n) is 2.66.